The number of rotatable bonds is 3. The second-order valence-corrected chi connectivity index (χ2v) is 7.39. The number of aromatic nitrogens is 4. The first-order valence-electron chi connectivity index (χ1n) is 6.94. The Morgan fingerprint density at radius 2 is 2.14 bits per heavy atom. The van der Waals surface area contributed by atoms with Crippen LogP contribution < -0.4 is 5.69 Å². The fraction of sp³-hybridized carbons (Fsp3) is 0.538. The van der Waals surface area contributed by atoms with Crippen molar-refractivity contribution < 1.29 is 8.42 Å². The van der Waals surface area contributed by atoms with Gasteiger partial charge in [-0.05, 0) is 19.8 Å². The van der Waals surface area contributed by atoms with E-state index < -0.39 is 9.84 Å². The molecule has 2 aromatic rings. The van der Waals surface area contributed by atoms with Crippen LogP contribution in [0.2, 0.25) is 0 Å². The van der Waals surface area contributed by atoms with Gasteiger partial charge in [0.15, 0.2) is 5.65 Å². The molecule has 1 aliphatic rings. The van der Waals surface area contributed by atoms with Gasteiger partial charge in [-0.15, -0.1) is 0 Å². The van der Waals surface area contributed by atoms with E-state index >= 15 is 0 Å². The van der Waals surface area contributed by atoms with Crippen LogP contribution in [0.15, 0.2) is 16.1 Å². The molecule has 1 fully saturated rings. The standard InChI is InChI=1S/C13H15N5O3S/c1-3-17-10-7-15-12(22(2,20)21)16-11(10)18(13(17)19)9-4-8(5-9)6-14/h7-9H,3-5H2,1-2H3/t8-,9+. The lowest BCUT2D eigenvalue weighted by Gasteiger charge is -2.31. The highest BCUT2D eigenvalue weighted by Crippen LogP contribution is 2.37. The molecular formula is C13H15N5O3S. The largest absolute Gasteiger partial charge is 0.330 e. The Kier molecular flexibility index (Phi) is 3.29. The number of aryl methyl sites for hydroxylation is 1. The summed E-state index contributed by atoms with van der Waals surface area (Å²) in [6, 6.07) is 2.06. The van der Waals surface area contributed by atoms with E-state index in [1.165, 1.54) is 15.3 Å². The lowest BCUT2D eigenvalue weighted by Crippen LogP contribution is -2.34. The van der Waals surface area contributed by atoms with Crippen molar-refractivity contribution >= 4 is 21.0 Å². The van der Waals surface area contributed by atoms with Crippen LogP contribution in [0.25, 0.3) is 11.2 Å². The summed E-state index contributed by atoms with van der Waals surface area (Å²) in [6.07, 6.45) is 3.57. The Labute approximate surface area is 126 Å². The van der Waals surface area contributed by atoms with Crippen molar-refractivity contribution in [3.05, 3.63) is 16.7 Å². The van der Waals surface area contributed by atoms with E-state index in [0.717, 1.165) is 6.26 Å². The molecule has 0 atom stereocenters. The molecule has 2 heterocycles. The minimum atomic E-state index is -3.55. The summed E-state index contributed by atoms with van der Waals surface area (Å²) in [5.74, 6) is -0.0619. The molecule has 0 bridgehead atoms. The molecule has 1 saturated carbocycles. The zero-order chi connectivity index (χ0) is 16.1. The van der Waals surface area contributed by atoms with Crippen molar-refractivity contribution in [2.75, 3.05) is 6.26 Å². The highest BCUT2D eigenvalue weighted by molar-refractivity contribution is 7.90. The molecule has 0 aliphatic heterocycles. The first-order chi connectivity index (χ1) is 10.4. The third-order valence-corrected chi connectivity index (χ3v) is 4.85. The highest BCUT2D eigenvalue weighted by Gasteiger charge is 2.34. The van der Waals surface area contributed by atoms with Gasteiger partial charge in [-0.2, -0.15) is 10.2 Å². The van der Waals surface area contributed by atoms with Gasteiger partial charge in [0, 0.05) is 18.8 Å². The fourth-order valence-electron chi connectivity index (χ4n) is 2.76. The first kappa shape index (κ1) is 14.7. The predicted octanol–water partition coefficient (Wildman–Crippen LogP) is 0.491. The van der Waals surface area contributed by atoms with Crippen LogP contribution in [-0.2, 0) is 16.4 Å². The zero-order valence-corrected chi connectivity index (χ0v) is 13.0. The van der Waals surface area contributed by atoms with Gasteiger partial charge in [-0.3, -0.25) is 9.13 Å². The molecule has 1 aliphatic carbocycles. The normalized spacial score (nSPS) is 21.5. The summed E-state index contributed by atoms with van der Waals surface area (Å²) in [5, 5.41) is 8.59. The monoisotopic (exact) mass is 321 g/mol. The maximum absolute atomic E-state index is 12.5. The average Bonchev–Trinajstić information content (AvgIpc) is 2.68. The molecule has 2 aromatic heterocycles. The molecule has 0 unspecified atom stereocenters. The molecule has 0 spiro atoms. The molecular weight excluding hydrogens is 306 g/mol. The number of hydrogen-bond donors (Lipinski definition) is 0. The molecule has 3 rings (SSSR count). The van der Waals surface area contributed by atoms with E-state index in [1.807, 2.05) is 6.92 Å². The van der Waals surface area contributed by atoms with Crippen molar-refractivity contribution in [2.45, 2.75) is 37.5 Å². The molecule has 0 amide bonds. The quantitative estimate of drug-likeness (QED) is 0.761. The zero-order valence-electron chi connectivity index (χ0n) is 12.2. The summed E-state index contributed by atoms with van der Waals surface area (Å²) in [6.45, 7) is 2.27. The molecule has 0 aromatic carbocycles. The molecule has 0 radical (unpaired) electrons. The van der Waals surface area contributed by atoms with Crippen molar-refractivity contribution in [3.63, 3.8) is 0 Å². The first-order valence-corrected chi connectivity index (χ1v) is 8.83. The van der Waals surface area contributed by atoms with Crippen LogP contribution in [0.4, 0.5) is 0 Å². The Morgan fingerprint density at radius 3 is 2.68 bits per heavy atom. The predicted molar refractivity (Wildman–Crippen MR) is 77.9 cm³/mol. The maximum Gasteiger partial charge on any atom is 0.330 e. The van der Waals surface area contributed by atoms with Gasteiger partial charge in [-0.1, -0.05) is 0 Å². The maximum atomic E-state index is 12.5. The van der Waals surface area contributed by atoms with Crippen molar-refractivity contribution in [2.24, 2.45) is 5.92 Å². The van der Waals surface area contributed by atoms with Crippen molar-refractivity contribution in [1.82, 2.24) is 19.1 Å². The van der Waals surface area contributed by atoms with Gasteiger partial charge < -0.3 is 0 Å². The third-order valence-electron chi connectivity index (χ3n) is 3.99. The number of imidazole rings is 1. The van der Waals surface area contributed by atoms with Crippen molar-refractivity contribution in [1.29, 1.82) is 5.26 Å². The summed E-state index contributed by atoms with van der Waals surface area (Å²) < 4.78 is 26.3. The van der Waals surface area contributed by atoms with Crippen LogP contribution in [0.5, 0.6) is 0 Å². The molecule has 116 valence electrons. The Bertz CT molecular complexity index is 944. The fourth-order valence-corrected chi connectivity index (χ4v) is 3.26. The second kappa shape index (κ2) is 4.91. The lowest BCUT2D eigenvalue weighted by molar-refractivity contribution is 0.246. The Hall–Kier alpha value is -2.21. The molecule has 0 saturated heterocycles. The molecule has 0 N–H and O–H groups in total. The second-order valence-electron chi connectivity index (χ2n) is 5.48. The van der Waals surface area contributed by atoms with Gasteiger partial charge in [0.2, 0.25) is 15.0 Å². The van der Waals surface area contributed by atoms with E-state index in [1.54, 1.807) is 0 Å². The van der Waals surface area contributed by atoms with E-state index in [2.05, 4.69) is 16.0 Å². The Balaban J connectivity index is 2.24. The summed E-state index contributed by atoms with van der Waals surface area (Å²) in [5.41, 5.74) is 0.600. The smallest absolute Gasteiger partial charge is 0.289 e. The summed E-state index contributed by atoms with van der Waals surface area (Å²) in [4.78, 5) is 20.5. The number of sulfone groups is 1. The summed E-state index contributed by atoms with van der Waals surface area (Å²) >= 11 is 0. The van der Waals surface area contributed by atoms with Crippen LogP contribution in [-0.4, -0.2) is 33.8 Å². The number of nitrogens with zero attached hydrogens (tertiary/aromatic N) is 5. The van der Waals surface area contributed by atoms with Crippen LogP contribution in [0, 0.1) is 17.2 Å². The number of fused-ring (bicyclic) bond motifs is 1. The minimum absolute atomic E-state index is 0.0619. The summed E-state index contributed by atoms with van der Waals surface area (Å²) in [7, 11) is -3.55. The van der Waals surface area contributed by atoms with Gasteiger partial charge in [-0.25, -0.2) is 18.2 Å². The molecule has 22 heavy (non-hydrogen) atoms. The van der Waals surface area contributed by atoms with Gasteiger partial charge in [0.1, 0.15) is 5.52 Å². The number of hydrogen-bond acceptors (Lipinski definition) is 6. The SMILES string of the molecule is CCn1c(=O)n([C@H]2C[C@@H](C#N)C2)c2nc(S(C)(=O)=O)ncc21. The Morgan fingerprint density at radius 1 is 1.45 bits per heavy atom. The van der Waals surface area contributed by atoms with E-state index in [9.17, 15) is 13.2 Å². The highest BCUT2D eigenvalue weighted by atomic mass is 32.2. The van der Waals surface area contributed by atoms with Gasteiger partial charge >= 0.3 is 5.69 Å². The van der Waals surface area contributed by atoms with Gasteiger partial charge in [0.05, 0.1) is 18.2 Å². The van der Waals surface area contributed by atoms with Crippen LogP contribution in [0.3, 0.4) is 0 Å². The third kappa shape index (κ3) is 2.11. The van der Waals surface area contributed by atoms with Gasteiger partial charge in [0.25, 0.3) is 0 Å². The van der Waals surface area contributed by atoms with E-state index in [4.69, 9.17) is 5.26 Å². The average molecular weight is 321 g/mol. The van der Waals surface area contributed by atoms with Crippen LogP contribution in [0.1, 0.15) is 25.8 Å². The lowest BCUT2D eigenvalue weighted by atomic mass is 9.81. The van der Waals surface area contributed by atoms with E-state index in [0.29, 0.717) is 30.6 Å². The van der Waals surface area contributed by atoms with Crippen molar-refractivity contribution in [3.8, 4) is 6.07 Å². The number of nitriles is 1. The van der Waals surface area contributed by atoms with Crippen LogP contribution >= 0.6 is 0 Å². The minimum Gasteiger partial charge on any atom is -0.289 e. The molecule has 9 heteroatoms. The topological polar surface area (TPSA) is 111 Å². The molecule has 8 nitrogen and oxygen atoms in total. The van der Waals surface area contributed by atoms with E-state index in [-0.39, 0.29) is 22.8 Å².